The molecule has 1 unspecified atom stereocenters. The number of benzene rings is 2. The van der Waals surface area contributed by atoms with Gasteiger partial charge in [0.15, 0.2) is 0 Å². The molecule has 0 aliphatic carbocycles. The molecule has 3 rings (SSSR count). The second-order valence-electron chi connectivity index (χ2n) is 5.10. The van der Waals surface area contributed by atoms with E-state index >= 15 is 0 Å². The van der Waals surface area contributed by atoms with Crippen LogP contribution in [0.2, 0.25) is 0 Å². The van der Waals surface area contributed by atoms with E-state index < -0.39 is 0 Å². The van der Waals surface area contributed by atoms with Gasteiger partial charge in [0.1, 0.15) is 11.8 Å². The first-order valence-electron chi connectivity index (χ1n) is 6.85. The molecule has 3 heteroatoms. The van der Waals surface area contributed by atoms with Gasteiger partial charge in [0.05, 0.1) is 5.52 Å². The number of hydrogen-bond acceptors (Lipinski definition) is 3. The van der Waals surface area contributed by atoms with E-state index in [1.54, 1.807) is 0 Å². The van der Waals surface area contributed by atoms with Gasteiger partial charge in [-0.3, -0.25) is 0 Å². The van der Waals surface area contributed by atoms with Gasteiger partial charge in [-0.05, 0) is 30.2 Å². The molecule has 0 saturated heterocycles. The van der Waals surface area contributed by atoms with Gasteiger partial charge >= 0.3 is 0 Å². The summed E-state index contributed by atoms with van der Waals surface area (Å²) in [5, 5.41) is 10.4. The van der Waals surface area contributed by atoms with Crippen LogP contribution < -0.4 is 5.73 Å². The Morgan fingerprint density at radius 3 is 2.48 bits per heavy atom. The minimum atomic E-state index is 0.00390. The van der Waals surface area contributed by atoms with Crippen molar-refractivity contribution in [1.82, 2.24) is 4.98 Å². The summed E-state index contributed by atoms with van der Waals surface area (Å²) in [5.41, 5.74) is 10.1. The summed E-state index contributed by atoms with van der Waals surface area (Å²) in [6, 6.07) is 20.0. The molecule has 0 amide bonds. The van der Waals surface area contributed by atoms with E-state index in [4.69, 9.17) is 5.73 Å². The Labute approximate surface area is 123 Å². The van der Waals surface area contributed by atoms with Gasteiger partial charge in [-0.15, -0.1) is 0 Å². The molecule has 2 aromatic carbocycles. The van der Waals surface area contributed by atoms with Crippen LogP contribution in [0.5, 0.6) is 0 Å². The van der Waals surface area contributed by atoms with Crippen LogP contribution in [-0.2, 0) is 0 Å². The summed E-state index contributed by atoms with van der Waals surface area (Å²) in [7, 11) is 0. The van der Waals surface area contributed by atoms with Gasteiger partial charge in [-0.1, -0.05) is 42.5 Å². The first-order valence-corrected chi connectivity index (χ1v) is 6.85. The fraction of sp³-hybridized carbons (Fsp3) is 0.111. The summed E-state index contributed by atoms with van der Waals surface area (Å²) in [6.45, 7) is 1.95. The normalized spacial score (nSPS) is 12.0. The maximum atomic E-state index is 9.35. The Bertz CT molecular complexity index is 827. The molecule has 2 N–H and O–H groups in total. The van der Waals surface area contributed by atoms with Crippen LogP contribution in [0.1, 0.15) is 24.2 Å². The Hall–Kier alpha value is -2.70. The lowest BCUT2D eigenvalue weighted by molar-refractivity contribution is 0.818. The Morgan fingerprint density at radius 2 is 1.81 bits per heavy atom. The molecule has 0 spiro atoms. The molecule has 102 valence electrons. The van der Waals surface area contributed by atoms with Gasteiger partial charge in [0.25, 0.3) is 0 Å². The third-order valence-corrected chi connectivity index (χ3v) is 3.58. The van der Waals surface area contributed by atoms with Crippen LogP contribution in [0, 0.1) is 11.3 Å². The molecular weight excluding hydrogens is 258 g/mol. The van der Waals surface area contributed by atoms with E-state index in [1.165, 1.54) is 0 Å². The highest BCUT2D eigenvalue weighted by molar-refractivity contribution is 5.86. The highest BCUT2D eigenvalue weighted by Crippen LogP contribution is 2.27. The minimum absolute atomic E-state index is 0.00390. The van der Waals surface area contributed by atoms with Crippen LogP contribution in [0.15, 0.2) is 54.6 Å². The van der Waals surface area contributed by atoms with Crippen molar-refractivity contribution in [2.75, 3.05) is 0 Å². The SMILES string of the molecule is CC(N)c1ccc(-c2cc3ccccc3nc2C#N)cc1. The first-order chi connectivity index (χ1) is 10.2. The lowest BCUT2D eigenvalue weighted by Gasteiger charge is -2.09. The molecule has 21 heavy (non-hydrogen) atoms. The number of para-hydroxylation sites is 1. The molecule has 3 nitrogen and oxygen atoms in total. The largest absolute Gasteiger partial charge is 0.324 e. The number of nitriles is 1. The maximum Gasteiger partial charge on any atom is 0.149 e. The lowest BCUT2D eigenvalue weighted by Crippen LogP contribution is -2.04. The third-order valence-electron chi connectivity index (χ3n) is 3.58. The van der Waals surface area contributed by atoms with E-state index in [9.17, 15) is 5.26 Å². The number of rotatable bonds is 2. The number of fused-ring (bicyclic) bond motifs is 1. The van der Waals surface area contributed by atoms with Gasteiger partial charge < -0.3 is 5.73 Å². The Morgan fingerprint density at radius 1 is 1.10 bits per heavy atom. The van der Waals surface area contributed by atoms with Crippen molar-refractivity contribution in [2.45, 2.75) is 13.0 Å². The van der Waals surface area contributed by atoms with Crippen LogP contribution in [0.25, 0.3) is 22.0 Å². The molecule has 0 aliphatic heterocycles. The molecule has 1 aromatic heterocycles. The monoisotopic (exact) mass is 273 g/mol. The fourth-order valence-corrected chi connectivity index (χ4v) is 2.39. The molecule has 3 aromatic rings. The summed E-state index contributed by atoms with van der Waals surface area (Å²) in [5.74, 6) is 0. The number of hydrogen-bond donors (Lipinski definition) is 1. The number of nitrogens with zero attached hydrogens (tertiary/aromatic N) is 2. The second kappa shape index (κ2) is 5.35. The van der Waals surface area contributed by atoms with E-state index in [-0.39, 0.29) is 6.04 Å². The van der Waals surface area contributed by atoms with Crippen molar-refractivity contribution in [1.29, 1.82) is 5.26 Å². The Kier molecular flexibility index (Phi) is 3.39. The quantitative estimate of drug-likeness (QED) is 0.772. The summed E-state index contributed by atoms with van der Waals surface area (Å²) in [6.07, 6.45) is 0. The van der Waals surface area contributed by atoms with Crippen molar-refractivity contribution < 1.29 is 0 Å². The predicted molar refractivity (Wildman–Crippen MR) is 84.5 cm³/mol. The number of aromatic nitrogens is 1. The zero-order valence-corrected chi connectivity index (χ0v) is 11.7. The van der Waals surface area contributed by atoms with Crippen molar-refractivity contribution >= 4 is 10.9 Å². The predicted octanol–water partition coefficient (Wildman–Crippen LogP) is 3.79. The lowest BCUT2D eigenvalue weighted by atomic mass is 9.99. The van der Waals surface area contributed by atoms with Crippen molar-refractivity contribution in [2.24, 2.45) is 5.73 Å². The molecule has 1 heterocycles. The Balaban J connectivity index is 2.16. The molecule has 0 saturated carbocycles. The minimum Gasteiger partial charge on any atom is -0.324 e. The molecule has 0 radical (unpaired) electrons. The topological polar surface area (TPSA) is 62.7 Å². The van der Waals surface area contributed by atoms with Crippen LogP contribution in [-0.4, -0.2) is 4.98 Å². The number of nitrogens with two attached hydrogens (primary N) is 1. The maximum absolute atomic E-state index is 9.35. The van der Waals surface area contributed by atoms with E-state index in [1.807, 2.05) is 61.5 Å². The summed E-state index contributed by atoms with van der Waals surface area (Å²) in [4.78, 5) is 4.44. The standard InChI is InChI=1S/C18H15N3/c1-12(20)13-6-8-14(9-7-13)16-10-15-4-2-3-5-17(15)21-18(16)11-19/h2-10,12H,20H2,1H3. The second-order valence-corrected chi connectivity index (χ2v) is 5.10. The van der Waals surface area contributed by atoms with Gasteiger partial charge in [-0.2, -0.15) is 5.26 Å². The molecular formula is C18H15N3. The van der Waals surface area contributed by atoms with Crippen molar-refractivity contribution in [3.8, 4) is 17.2 Å². The van der Waals surface area contributed by atoms with Crippen molar-refractivity contribution in [3.63, 3.8) is 0 Å². The average molecular weight is 273 g/mol. The third kappa shape index (κ3) is 2.49. The summed E-state index contributed by atoms with van der Waals surface area (Å²) < 4.78 is 0. The first kappa shape index (κ1) is 13.3. The highest BCUT2D eigenvalue weighted by Gasteiger charge is 2.09. The van der Waals surface area contributed by atoms with Crippen LogP contribution in [0.4, 0.5) is 0 Å². The molecule has 0 bridgehead atoms. The van der Waals surface area contributed by atoms with Gasteiger partial charge in [0, 0.05) is 17.0 Å². The number of pyridine rings is 1. The van der Waals surface area contributed by atoms with Crippen molar-refractivity contribution in [3.05, 3.63) is 65.9 Å². The van der Waals surface area contributed by atoms with Gasteiger partial charge in [0.2, 0.25) is 0 Å². The van der Waals surface area contributed by atoms with Gasteiger partial charge in [-0.25, -0.2) is 4.98 Å². The van der Waals surface area contributed by atoms with E-state index in [0.717, 1.165) is 27.6 Å². The zero-order chi connectivity index (χ0) is 14.8. The van der Waals surface area contributed by atoms with Crippen LogP contribution in [0.3, 0.4) is 0 Å². The molecule has 1 atom stereocenters. The van der Waals surface area contributed by atoms with E-state index in [0.29, 0.717) is 5.69 Å². The van der Waals surface area contributed by atoms with E-state index in [2.05, 4.69) is 11.1 Å². The summed E-state index contributed by atoms with van der Waals surface area (Å²) >= 11 is 0. The highest BCUT2D eigenvalue weighted by atomic mass is 14.7. The molecule has 0 aliphatic rings. The molecule has 0 fully saturated rings. The zero-order valence-electron chi connectivity index (χ0n) is 11.7. The smallest absolute Gasteiger partial charge is 0.149 e. The fourth-order valence-electron chi connectivity index (χ4n) is 2.39. The average Bonchev–Trinajstić information content (AvgIpc) is 2.53. The van der Waals surface area contributed by atoms with Crippen LogP contribution >= 0.6 is 0 Å².